The van der Waals surface area contributed by atoms with Crippen molar-refractivity contribution in [2.24, 2.45) is 44.4 Å². The SMILES string of the molecule is NCCCC[C@H](NC(=O)CNC(=O)[C@H](CCCN=C(N)N)NC(=O)[C@H](CS)NC(=O)[C@H](CO)NC(=O)[C@H](CO)NC(=O)[C@H](Cc1ccccc1)NC(=O)CNC(=O)[C@H](CC(=O)O)NC(=O)[C@H](CS)NC(=O)[C@@H](N)Cc1ccccc1)C(=O)N[C@@H](CCCN=C(N)N)C(=O)O. The maximum atomic E-state index is 13.9. The molecule has 0 saturated heterocycles. The molecule has 0 spiro atoms. The van der Waals surface area contributed by atoms with Crippen molar-refractivity contribution in [1.82, 2.24) is 58.5 Å². The van der Waals surface area contributed by atoms with Crippen molar-refractivity contribution < 1.29 is 82.8 Å². The molecule has 2 aromatic rings. The Kier molecular flexibility index (Phi) is 38.0. The molecule has 0 bridgehead atoms. The van der Waals surface area contributed by atoms with Crippen molar-refractivity contribution >= 4 is 114 Å². The lowest BCUT2D eigenvalue weighted by molar-refractivity contribution is -0.142. The fourth-order valence-corrected chi connectivity index (χ4v) is 8.97. The lowest BCUT2D eigenvalue weighted by Gasteiger charge is -2.26. The van der Waals surface area contributed by atoms with Crippen LogP contribution in [0.3, 0.4) is 0 Å². The molecule has 38 heteroatoms. The fraction of sp³-hybridized carbons (Fsp3) is 0.518. The van der Waals surface area contributed by atoms with Crippen LogP contribution in [0.15, 0.2) is 70.6 Å². The number of benzene rings is 2. The Morgan fingerprint density at radius 2 is 0.787 bits per heavy atom. The van der Waals surface area contributed by atoms with Crippen molar-refractivity contribution in [3.05, 3.63) is 71.8 Å². The standard InChI is InChI=1S/C56H87N19O17S2/c57-18-8-7-15-34(48(85)70-35(54(91)92)17-10-20-64-56(61)62)67-42(78)24-65-46(83)33(16-9-19-63-55(59)60)69-52(89)41(29-94)75-51(88)39(27-77)73-50(87)38(26-76)72-49(86)36(22-31-13-5-2-6-14-31)68-43(79)25-66-47(84)37(23-44(80)81)71-53(90)40(28-93)74-45(82)32(58)21-30-11-3-1-4-12-30/h1-6,11-14,32-41,76-77,93-94H,7-10,15-29,57-58H2,(H,65,83)(H,66,84)(H,67,78)(H,68,79)(H,69,89)(H,70,85)(H,71,90)(H,72,86)(H,73,87)(H,74,82)(H,75,88)(H,80,81)(H,91,92)(H4,59,60,63)(H4,61,62,64)/t32-,33-,34-,35-,36-,37-,38-,39-,40-,41-/m0/s1. The number of rotatable bonds is 45. The smallest absolute Gasteiger partial charge is 0.326 e. The number of unbranched alkanes of at least 4 members (excludes halogenated alkanes) is 1. The normalized spacial score (nSPS) is 14.0. The van der Waals surface area contributed by atoms with E-state index in [4.69, 9.17) is 34.4 Å². The van der Waals surface area contributed by atoms with Crippen LogP contribution in [0.2, 0.25) is 0 Å². The van der Waals surface area contributed by atoms with E-state index >= 15 is 0 Å². The summed E-state index contributed by atoms with van der Waals surface area (Å²) in [5.74, 6) is -15.4. The number of aliphatic carboxylic acids is 2. The van der Waals surface area contributed by atoms with Gasteiger partial charge in [0.05, 0.1) is 38.8 Å². The van der Waals surface area contributed by atoms with Crippen LogP contribution in [0.25, 0.3) is 0 Å². The van der Waals surface area contributed by atoms with Gasteiger partial charge in [0.1, 0.15) is 54.4 Å². The summed E-state index contributed by atoms with van der Waals surface area (Å²) in [5.41, 5.74) is 34.3. The number of nitrogens with two attached hydrogens (primary N) is 6. The minimum atomic E-state index is -1.89. The van der Waals surface area contributed by atoms with Crippen LogP contribution in [0.4, 0.5) is 0 Å². The average Bonchev–Trinajstić information content (AvgIpc) is 1.03. The minimum absolute atomic E-state index is 0.0261. The number of hydrogen-bond donors (Lipinski definition) is 23. The first-order valence-electron chi connectivity index (χ1n) is 29.5. The van der Waals surface area contributed by atoms with Crippen LogP contribution in [0, 0.1) is 0 Å². The lowest BCUT2D eigenvalue weighted by Crippen LogP contribution is -2.61. The molecule has 0 unspecified atom stereocenters. The highest BCUT2D eigenvalue weighted by Gasteiger charge is 2.34. The zero-order valence-electron chi connectivity index (χ0n) is 51.3. The van der Waals surface area contributed by atoms with Crippen LogP contribution < -0.4 is 92.9 Å². The molecule has 0 radical (unpaired) electrons. The molecule has 10 atom stereocenters. The molecule has 2 rings (SSSR count). The number of carboxylic acids is 2. The van der Waals surface area contributed by atoms with Gasteiger partial charge >= 0.3 is 11.9 Å². The van der Waals surface area contributed by atoms with Gasteiger partial charge < -0.3 is 113 Å². The Morgan fingerprint density at radius 1 is 0.426 bits per heavy atom. The summed E-state index contributed by atoms with van der Waals surface area (Å²) >= 11 is 8.25. The van der Waals surface area contributed by atoms with E-state index in [1.54, 1.807) is 60.7 Å². The van der Waals surface area contributed by atoms with E-state index in [0.717, 1.165) is 5.56 Å². The third kappa shape index (κ3) is 31.8. The monoisotopic (exact) mass is 1360 g/mol. The average molecular weight is 1360 g/mol. The van der Waals surface area contributed by atoms with Gasteiger partial charge in [0, 0.05) is 31.0 Å². The van der Waals surface area contributed by atoms with Gasteiger partial charge in [-0.3, -0.25) is 67.5 Å². The molecule has 0 fully saturated rings. The zero-order valence-corrected chi connectivity index (χ0v) is 53.1. The number of carboxylic acid groups (broad SMARTS) is 2. The zero-order chi connectivity index (χ0) is 70.3. The van der Waals surface area contributed by atoms with Gasteiger partial charge in [0.15, 0.2) is 11.9 Å². The Balaban J connectivity index is 2.19. The van der Waals surface area contributed by atoms with Crippen LogP contribution in [0.1, 0.15) is 62.5 Å². The number of nitrogens with one attached hydrogen (secondary N) is 11. The maximum Gasteiger partial charge on any atom is 0.326 e. The molecule has 520 valence electrons. The molecule has 2 aromatic carbocycles. The number of thiol groups is 2. The number of guanidine groups is 2. The first-order valence-corrected chi connectivity index (χ1v) is 30.7. The minimum Gasteiger partial charge on any atom is -0.481 e. The number of carbonyl (C=O) groups is 13. The van der Waals surface area contributed by atoms with Gasteiger partial charge in [-0.05, 0) is 69.0 Å². The quantitative estimate of drug-likeness (QED) is 0.0127. The van der Waals surface area contributed by atoms with Crippen molar-refractivity contribution in [2.45, 2.75) is 125 Å². The van der Waals surface area contributed by atoms with Crippen LogP contribution in [0.5, 0.6) is 0 Å². The molecule has 11 amide bonds. The molecule has 27 N–H and O–H groups in total. The first kappa shape index (κ1) is 80.7. The van der Waals surface area contributed by atoms with Crippen molar-refractivity contribution in [3.8, 4) is 0 Å². The molecular weight excluding hydrogens is 1270 g/mol. The molecular formula is C56H87N19O17S2. The Morgan fingerprint density at radius 3 is 1.23 bits per heavy atom. The highest BCUT2D eigenvalue weighted by molar-refractivity contribution is 7.80. The molecule has 0 aliphatic rings. The van der Waals surface area contributed by atoms with Gasteiger partial charge in [-0.2, -0.15) is 25.3 Å². The topological polar surface area (TPSA) is 616 Å². The first-order chi connectivity index (χ1) is 44.7. The summed E-state index contributed by atoms with van der Waals surface area (Å²) in [5, 5.41) is 65.4. The summed E-state index contributed by atoms with van der Waals surface area (Å²) in [6, 6.07) is 1.39. The predicted octanol–water partition coefficient (Wildman–Crippen LogP) is -8.97. The number of aliphatic imine (C=N–C) groups is 2. The van der Waals surface area contributed by atoms with E-state index in [1.165, 1.54) is 0 Å². The molecule has 94 heavy (non-hydrogen) atoms. The Labute approximate surface area is 551 Å². The number of amides is 11. The van der Waals surface area contributed by atoms with Gasteiger partial charge in [0.25, 0.3) is 0 Å². The summed E-state index contributed by atoms with van der Waals surface area (Å²) in [4.78, 5) is 179. The van der Waals surface area contributed by atoms with Gasteiger partial charge in [-0.1, -0.05) is 60.7 Å². The summed E-state index contributed by atoms with van der Waals surface area (Å²) in [7, 11) is 0. The Bertz CT molecular complexity index is 2910. The van der Waals surface area contributed by atoms with Crippen molar-refractivity contribution in [3.63, 3.8) is 0 Å². The van der Waals surface area contributed by atoms with Gasteiger partial charge in [0.2, 0.25) is 65.0 Å². The van der Waals surface area contributed by atoms with E-state index < -0.39 is 176 Å². The van der Waals surface area contributed by atoms with E-state index in [0.29, 0.717) is 18.4 Å². The van der Waals surface area contributed by atoms with Gasteiger partial charge in [-0.25, -0.2) is 4.79 Å². The fourth-order valence-electron chi connectivity index (χ4n) is 8.46. The van der Waals surface area contributed by atoms with Crippen molar-refractivity contribution in [2.75, 3.05) is 57.4 Å². The summed E-state index contributed by atoms with van der Waals surface area (Å²) in [6.45, 7) is -3.65. The maximum absolute atomic E-state index is 13.9. The summed E-state index contributed by atoms with van der Waals surface area (Å²) in [6.07, 6.45) is -0.332. The number of hydrogen-bond acceptors (Lipinski definition) is 21. The number of nitrogens with zero attached hydrogens (tertiary/aromatic N) is 2. The number of carbonyl (C=O) groups excluding carboxylic acids is 11. The third-order valence-electron chi connectivity index (χ3n) is 13.4. The Hall–Kier alpha value is -9.37. The lowest BCUT2D eigenvalue weighted by atomic mass is 10.0. The second-order valence-corrected chi connectivity index (χ2v) is 21.7. The molecule has 0 aliphatic heterocycles. The van der Waals surface area contributed by atoms with E-state index in [1.807, 2.05) is 0 Å². The highest BCUT2D eigenvalue weighted by Crippen LogP contribution is 2.09. The van der Waals surface area contributed by atoms with E-state index in [9.17, 15) is 82.8 Å². The van der Waals surface area contributed by atoms with Crippen LogP contribution in [-0.4, -0.2) is 227 Å². The second kappa shape index (κ2) is 44.2. The number of aliphatic hydroxyl groups is 2. The van der Waals surface area contributed by atoms with E-state index in [2.05, 4.69) is 93.7 Å². The molecule has 0 saturated carbocycles. The second-order valence-electron chi connectivity index (χ2n) is 20.9. The van der Waals surface area contributed by atoms with E-state index in [-0.39, 0.29) is 82.3 Å². The molecule has 0 aromatic heterocycles. The largest absolute Gasteiger partial charge is 0.481 e. The van der Waals surface area contributed by atoms with Gasteiger partial charge in [-0.15, -0.1) is 0 Å². The number of aliphatic hydroxyl groups excluding tert-OH is 2. The molecule has 36 nitrogen and oxygen atoms in total. The molecule has 0 heterocycles. The highest BCUT2D eigenvalue weighted by atomic mass is 32.1. The van der Waals surface area contributed by atoms with Crippen molar-refractivity contribution in [1.29, 1.82) is 0 Å². The molecule has 0 aliphatic carbocycles. The van der Waals surface area contributed by atoms with Crippen LogP contribution in [-0.2, 0) is 75.2 Å². The third-order valence-corrected chi connectivity index (χ3v) is 14.2. The van der Waals surface area contributed by atoms with Crippen LogP contribution >= 0.6 is 25.3 Å². The summed E-state index contributed by atoms with van der Waals surface area (Å²) < 4.78 is 0. The predicted molar refractivity (Wildman–Crippen MR) is 346 cm³/mol.